The third-order valence-electron chi connectivity index (χ3n) is 8.43. The normalized spacial score (nSPS) is 16.6. The molecule has 1 atom stereocenters. The zero-order chi connectivity index (χ0) is 31.4. The second kappa shape index (κ2) is 13.1. The highest BCUT2D eigenvalue weighted by atomic mass is 16.2. The molecule has 2 aromatic heterocycles. The van der Waals surface area contributed by atoms with Crippen molar-refractivity contribution >= 4 is 33.9 Å². The van der Waals surface area contributed by atoms with Gasteiger partial charge < -0.3 is 15.5 Å². The Kier molecular flexibility index (Phi) is 8.85. The average molecular weight is 602 g/mol. The van der Waals surface area contributed by atoms with Crippen LogP contribution in [0.5, 0.6) is 0 Å². The highest BCUT2D eigenvalue weighted by Gasteiger charge is 2.22. The van der Waals surface area contributed by atoms with Crippen molar-refractivity contribution in [1.82, 2.24) is 25.0 Å². The Balaban J connectivity index is 1.20. The van der Waals surface area contributed by atoms with Crippen molar-refractivity contribution in [2.45, 2.75) is 58.4 Å². The zero-order valence-electron chi connectivity index (χ0n) is 26.7. The number of nitrogens with one attached hydrogen (secondary N) is 3. The maximum atomic E-state index is 13.5. The van der Waals surface area contributed by atoms with E-state index in [1.807, 2.05) is 37.3 Å². The molecule has 1 aliphatic heterocycles. The van der Waals surface area contributed by atoms with Gasteiger partial charge in [-0.25, -0.2) is 9.48 Å². The Morgan fingerprint density at radius 2 is 1.87 bits per heavy atom. The van der Waals surface area contributed by atoms with Gasteiger partial charge in [0.15, 0.2) is 0 Å². The van der Waals surface area contributed by atoms with Gasteiger partial charge in [-0.15, -0.1) is 0 Å². The molecule has 45 heavy (non-hydrogen) atoms. The maximum Gasteiger partial charge on any atom is 0.324 e. The lowest BCUT2D eigenvalue weighted by Crippen LogP contribution is -2.36. The van der Waals surface area contributed by atoms with Crippen LogP contribution in [0.2, 0.25) is 0 Å². The molecule has 2 aromatic carbocycles. The first-order valence-corrected chi connectivity index (χ1v) is 15.9. The number of fused-ring (bicyclic) bond motifs is 1. The first-order chi connectivity index (χ1) is 21.7. The molecule has 0 saturated heterocycles. The van der Waals surface area contributed by atoms with E-state index in [1.165, 1.54) is 11.1 Å². The van der Waals surface area contributed by atoms with Crippen LogP contribution in [0.4, 0.5) is 16.3 Å². The van der Waals surface area contributed by atoms with E-state index < -0.39 is 0 Å². The molecule has 0 bridgehead atoms. The number of carbonyl (C=O) groups excluding carboxylic acids is 1. The van der Waals surface area contributed by atoms with E-state index in [0.29, 0.717) is 11.9 Å². The van der Waals surface area contributed by atoms with Gasteiger partial charge in [0.25, 0.3) is 0 Å². The summed E-state index contributed by atoms with van der Waals surface area (Å²) in [4.78, 5) is 20.2. The molecule has 232 valence electrons. The number of rotatable bonds is 8. The summed E-state index contributed by atoms with van der Waals surface area (Å²) >= 11 is 0. The Morgan fingerprint density at radius 3 is 2.62 bits per heavy atom. The van der Waals surface area contributed by atoms with Gasteiger partial charge in [0.2, 0.25) is 0 Å². The van der Waals surface area contributed by atoms with E-state index in [1.54, 1.807) is 10.9 Å². The van der Waals surface area contributed by atoms with Crippen molar-refractivity contribution in [3.05, 3.63) is 108 Å². The van der Waals surface area contributed by atoms with Crippen molar-refractivity contribution in [2.24, 2.45) is 0 Å². The van der Waals surface area contributed by atoms with E-state index in [-0.39, 0.29) is 11.4 Å². The van der Waals surface area contributed by atoms with Crippen LogP contribution in [-0.2, 0) is 5.41 Å². The van der Waals surface area contributed by atoms with Crippen molar-refractivity contribution < 1.29 is 4.79 Å². The smallest absolute Gasteiger partial charge is 0.324 e. The molecular weight excluding hydrogens is 558 g/mol. The lowest BCUT2D eigenvalue weighted by atomic mass is 9.88. The number of benzene rings is 2. The Morgan fingerprint density at radius 1 is 1.02 bits per heavy atom. The van der Waals surface area contributed by atoms with Crippen molar-refractivity contribution in [2.75, 3.05) is 30.3 Å². The summed E-state index contributed by atoms with van der Waals surface area (Å²) in [6.45, 7) is 11.2. The summed E-state index contributed by atoms with van der Waals surface area (Å²) in [5.74, 6) is 0.586. The molecule has 3 N–H and O–H groups in total. The van der Waals surface area contributed by atoms with Crippen LogP contribution >= 0.6 is 0 Å². The number of aromatic nitrogens is 3. The van der Waals surface area contributed by atoms with Crippen LogP contribution in [0.15, 0.2) is 91.3 Å². The monoisotopic (exact) mass is 601 g/mol. The fourth-order valence-corrected chi connectivity index (χ4v) is 5.95. The number of carbonyl (C=O) groups is 1. The molecule has 6 rings (SSSR count). The highest BCUT2D eigenvalue weighted by Crippen LogP contribution is 2.35. The number of hydrogen-bond donors (Lipinski definition) is 3. The second-order valence-electron chi connectivity index (χ2n) is 12.9. The predicted molar refractivity (Wildman–Crippen MR) is 185 cm³/mol. The number of nitrogens with zero attached hydrogens (tertiary/aromatic N) is 4. The van der Waals surface area contributed by atoms with Crippen LogP contribution in [0.1, 0.15) is 57.0 Å². The number of pyridine rings is 1. The lowest BCUT2D eigenvalue weighted by molar-refractivity contribution is 0.262. The quantitative estimate of drug-likeness (QED) is 0.194. The van der Waals surface area contributed by atoms with Gasteiger partial charge in [0, 0.05) is 48.2 Å². The van der Waals surface area contributed by atoms with Gasteiger partial charge >= 0.3 is 6.03 Å². The Hall–Kier alpha value is -4.69. The first-order valence-electron chi connectivity index (χ1n) is 15.9. The molecular formula is C37H43N7O. The number of allylic oxidation sites excluding steroid dienone is 3. The number of aryl methyl sites for hydroxylation is 1. The van der Waals surface area contributed by atoms with Gasteiger partial charge in [-0.1, -0.05) is 69.3 Å². The number of amides is 2. The highest BCUT2D eigenvalue weighted by molar-refractivity contribution is 6.08. The summed E-state index contributed by atoms with van der Waals surface area (Å²) in [6, 6.07) is 18.3. The maximum absolute atomic E-state index is 13.5. The van der Waals surface area contributed by atoms with Gasteiger partial charge in [-0.05, 0) is 73.2 Å². The second-order valence-corrected chi connectivity index (χ2v) is 12.9. The van der Waals surface area contributed by atoms with Crippen molar-refractivity contribution in [3.63, 3.8) is 0 Å². The number of urea groups is 1. The summed E-state index contributed by atoms with van der Waals surface area (Å²) in [7, 11) is 0. The topological polar surface area (TPSA) is 87.1 Å². The fourth-order valence-electron chi connectivity index (χ4n) is 5.95. The third-order valence-corrected chi connectivity index (χ3v) is 8.43. The van der Waals surface area contributed by atoms with Gasteiger partial charge in [0.05, 0.1) is 23.3 Å². The molecule has 0 spiro atoms. The summed E-state index contributed by atoms with van der Waals surface area (Å²) in [5.41, 5.74) is 5.75. The molecule has 8 nitrogen and oxygen atoms in total. The lowest BCUT2D eigenvalue weighted by Gasteiger charge is -2.26. The molecule has 3 heterocycles. The van der Waals surface area contributed by atoms with Gasteiger partial charge in [-0.3, -0.25) is 10.3 Å². The Bertz CT molecular complexity index is 1760. The molecule has 1 unspecified atom stereocenters. The van der Waals surface area contributed by atoms with Crippen molar-refractivity contribution in [3.8, 4) is 5.69 Å². The number of anilines is 2. The van der Waals surface area contributed by atoms with Gasteiger partial charge in [-0.2, -0.15) is 5.10 Å². The molecule has 0 saturated carbocycles. The molecule has 2 amide bonds. The molecule has 0 fully saturated rings. The van der Waals surface area contributed by atoms with Crippen LogP contribution < -0.4 is 16.0 Å². The SMILES string of the molecule is Cc1ccc(-n2nc(C(C)(C)C)cc2NC(=O)Nc2ccc(C3=CC(NCCN4C=CC=CC4)CCC3)c3ccccc23)cn1. The van der Waals surface area contributed by atoms with E-state index in [0.717, 1.165) is 72.4 Å². The van der Waals surface area contributed by atoms with Crippen LogP contribution in [0.25, 0.3) is 22.0 Å². The average Bonchev–Trinajstić information content (AvgIpc) is 3.46. The fraction of sp³-hybridized carbons (Fsp3) is 0.324. The standard InChI is InChI=1S/C37H43N7O/c1-26-15-16-29(25-39-26)44-35(24-34(42-44)37(2,3)4)41-36(45)40-33-18-17-30(31-13-6-7-14-32(31)33)27-11-10-12-28(23-27)38-19-22-43-20-8-5-9-21-43/h5-9,13-18,20,23-25,28,38H,10-12,19,21-22H2,1-4H3,(H2,40,41,45). The van der Waals surface area contributed by atoms with E-state index >= 15 is 0 Å². The van der Waals surface area contributed by atoms with Crippen molar-refractivity contribution in [1.29, 1.82) is 0 Å². The van der Waals surface area contributed by atoms with Crippen LogP contribution in [-0.4, -0.2) is 51.4 Å². The molecule has 4 aromatic rings. The summed E-state index contributed by atoms with van der Waals surface area (Å²) in [5, 5.41) is 16.9. The summed E-state index contributed by atoms with van der Waals surface area (Å²) < 4.78 is 1.74. The van der Waals surface area contributed by atoms with Crippen LogP contribution in [0, 0.1) is 6.92 Å². The van der Waals surface area contributed by atoms with Gasteiger partial charge in [0.1, 0.15) is 5.82 Å². The zero-order valence-corrected chi connectivity index (χ0v) is 26.7. The molecule has 2 aliphatic rings. The molecule has 8 heteroatoms. The molecule has 1 aliphatic carbocycles. The summed E-state index contributed by atoms with van der Waals surface area (Å²) in [6.07, 6.45) is 16.0. The minimum absolute atomic E-state index is 0.188. The van der Waals surface area contributed by atoms with Crippen LogP contribution in [0.3, 0.4) is 0 Å². The largest absolute Gasteiger partial charge is 0.372 e. The Labute approximate surface area is 265 Å². The minimum Gasteiger partial charge on any atom is -0.372 e. The van der Waals surface area contributed by atoms with E-state index in [9.17, 15) is 4.79 Å². The first kappa shape index (κ1) is 30.3. The van der Waals surface area contributed by atoms with E-state index in [4.69, 9.17) is 5.10 Å². The predicted octanol–water partition coefficient (Wildman–Crippen LogP) is 7.58. The number of hydrogen-bond acceptors (Lipinski definition) is 5. The third kappa shape index (κ3) is 7.18. The minimum atomic E-state index is -0.324. The van der Waals surface area contributed by atoms with E-state index in [2.05, 4.69) is 101 Å². The molecule has 0 radical (unpaired) electrons.